The average molecular weight is 962 g/mol. The van der Waals surface area contributed by atoms with E-state index < -0.39 is 29.0 Å². The number of ether oxygens (including phenoxy) is 1. The summed E-state index contributed by atoms with van der Waals surface area (Å²) in [5.41, 5.74) is 3.25. The lowest BCUT2D eigenvalue weighted by molar-refractivity contribution is -0.163. The van der Waals surface area contributed by atoms with Crippen LogP contribution < -0.4 is 10.6 Å². The van der Waals surface area contributed by atoms with E-state index in [1.165, 1.54) is 23.1 Å². The van der Waals surface area contributed by atoms with Crippen LogP contribution in [0.25, 0.3) is 0 Å². The lowest BCUT2D eigenvalue weighted by Gasteiger charge is -2.53. The molecule has 3 heterocycles. The number of halogens is 1. The highest BCUT2D eigenvalue weighted by atomic mass is 127. The minimum atomic E-state index is -0.937. The van der Waals surface area contributed by atoms with Crippen LogP contribution in [-0.2, 0) is 29.5 Å². The van der Waals surface area contributed by atoms with Crippen molar-refractivity contribution in [3.63, 3.8) is 0 Å². The number of thiazole rings is 1. The van der Waals surface area contributed by atoms with Gasteiger partial charge in [0.15, 0.2) is 16.9 Å². The van der Waals surface area contributed by atoms with Gasteiger partial charge < -0.3 is 25.1 Å². The van der Waals surface area contributed by atoms with E-state index in [1.807, 2.05) is 122 Å². The lowest BCUT2D eigenvalue weighted by atomic mass is 9.77. The minimum Gasteiger partial charge on any atom is -0.452 e. The van der Waals surface area contributed by atoms with E-state index in [0.29, 0.717) is 34.0 Å². The quantitative estimate of drug-likeness (QED) is 0.0144. The number of hydrogen-bond acceptors (Lipinski definition) is 10. The molecule has 2 aliphatic rings. The predicted octanol–water partition coefficient (Wildman–Crippen LogP) is 8.83. The number of fused-ring (bicyclic) bond motifs is 1. The van der Waals surface area contributed by atoms with Crippen LogP contribution in [0.2, 0.25) is 0 Å². The van der Waals surface area contributed by atoms with Crippen LogP contribution >= 0.6 is 45.7 Å². The fraction of sp³-hybridized carbons (Fsp3) is 0.229. The molecule has 2 saturated heterocycles. The smallest absolute Gasteiger partial charge is 0.316 e. The Kier molecular flexibility index (Phi) is 13.2. The average Bonchev–Trinajstić information content (AvgIpc) is 3.79. The molecule has 3 atom stereocenters. The Balaban J connectivity index is 1.01. The van der Waals surface area contributed by atoms with E-state index in [9.17, 15) is 14.4 Å². The normalized spacial score (nSPS) is 18.8. The van der Waals surface area contributed by atoms with Crippen molar-refractivity contribution in [1.29, 1.82) is 0 Å². The van der Waals surface area contributed by atoms with Crippen molar-refractivity contribution in [1.82, 2.24) is 15.2 Å². The lowest BCUT2D eigenvalue weighted by Crippen LogP contribution is -2.74. The summed E-state index contributed by atoms with van der Waals surface area (Å²) in [6, 6.07) is 49.1. The highest BCUT2D eigenvalue weighted by Gasteiger charge is 2.58. The second-order valence-electron chi connectivity index (χ2n) is 14.9. The third-order valence-electron chi connectivity index (χ3n) is 10.9. The SMILES string of the molecule is CCCON=C(C(=O)NC1C(=O)N2CC(CI)(C(=O)OC(c3ccccc3)c3ccccc3)CS[C@H]12)c1csc(NC(c2ccccc2)(c2ccccc2)c2ccccc2)n1. The van der Waals surface area contributed by atoms with Gasteiger partial charge in [-0.05, 0) is 34.2 Å². The zero-order chi connectivity index (χ0) is 42.2. The van der Waals surface area contributed by atoms with E-state index in [-0.39, 0.29) is 29.5 Å². The molecule has 0 radical (unpaired) electrons. The highest BCUT2D eigenvalue weighted by molar-refractivity contribution is 14.1. The number of carbonyl (C=O) groups is 3. The van der Waals surface area contributed by atoms with Crippen molar-refractivity contribution >= 4 is 74.3 Å². The first-order valence-corrected chi connectivity index (χ1v) is 23.5. The van der Waals surface area contributed by atoms with Gasteiger partial charge in [-0.15, -0.1) is 23.1 Å². The van der Waals surface area contributed by atoms with Gasteiger partial charge in [-0.25, -0.2) is 4.98 Å². The Labute approximate surface area is 377 Å². The molecule has 0 bridgehead atoms. The number of carbonyl (C=O) groups excluding carboxylic acids is 3. The monoisotopic (exact) mass is 961 g/mol. The largest absolute Gasteiger partial charge is 0.452 e. The van der Waals surface area contributed by atoms with Crippen LogP contribution in [0.15, 0.2) is 162 Å². The maximum Gasteiger partial charge on any atom is 0.316 e. The number of nitrogens with zero attached hydrogens (tertiary/aromatic N) is 3. The number of aromatic nitrogens is 1. The van der Waals surface area contributed by atoms with Crippen molar-refractivity contribution in [3.05, 3.63) is 191 Å². The Bertz CT molecular complexity index is 2330. The number of hydrogen-bond donors (Lipinski definition) is 2. The third kappa shape index (κ3) is 8.68. The van der Waals surface area contributed by atoms with E-state index in [0.717, 1.165) is 27.8 Å². The topological polar surface area (TPSA) is 122 Å². The van der Waals surface area contributed by atoms with Gasteiger partial charge in [0.1, 0.15) is 34.7 Å². The zero-order valence-electron chi connectivity index (χ0n) is 33.4. The molecule has 8 rings (SSSR count). The molecule has 2 unspecified atom stereocenters. The van der Waals surface area contributed by atoms with Crippen LogP contribution in [0.4, 0.5) is 5.13 Å². The van der Waals surface area contributed by atoms with Crippen LogP contribution in [0, 0.1) is 5.41 Å². The van der Waals surface area contributed by atoms with Gasteiger partial charge in [0.05, 0.1) is 0 Å². The number of oxime groups is 1. The Morgan fingerprint density at radius 3 is 1.89 bits per heavy atom. The molecule has 2 fully saturated rings. The molecule has 61 heavy (non-hydrogen) atoms. The van der Waals surface area contributed by atoms with Crippen LogP contribution in [-0.4, -0.2) is 68.1 Å². The van der Waals surface area contributed by atoms with E-state index >= 15 is 0 Å². The van der Waals surface area contributed by atoms with Crippen molar-refractivity contribution in [3.8, 4) is 0 Å². The van der Waals surface area contributed by atoms with Crippen molar-refractivity contribution in [2.24, 2.45) is 10.6 Å². The zero-order valence-corrected chi connectivity index (χ0v) is 37.1. The molecule has 2 N–H and O–H groups in total. The number of thioether (sulfide) groups is 1. The summed E-state index contributed by atoms with van der Waals surface area (Å²) in [5.74, 6) is -0.801. The van der Waals surface area contributed by atoms with E-state index in [2.05, 4.69) is 74.8 Å². The summed E-state index contributed by atoms with van der Waals surface area (Å²) in [7, 11) is 0. The first-order valence-electron chi connectivity index (χ1n) is 20.1. The summed E-state index contributed by atoms with van der Waals surface area (Å²) in [4.78, 5) is 54.4. The van der Waals surface area contributed by atoms with Crippen LogP contribution in [0.3, 0.4) is 0 Å². The summed E-state index contributed by atoms with van der Waals surface area (Å²) < 4.78 is 6.77. The fourth-order valence-electron chi connectivity index (χ4n) is 7.70. The summed E-state index contributed by atoms with van der Waals surface area (Å²) in [6.07, 6.45) is 0.0838. The molecular formula is C48H44IN5O5S2. The molecule has 6 aromatic rings. The van der Waals surface area contributed by atoms with Gasteiger partial charge in [-0.2, -0.15) is 0 Å². The van der Waals surface area contributed by atoms with Crippen molar-refractivity contribution in [2.75, 3.05) is 28.6 Å². The third-order valence-corrected chi connectivity index (χ3v) is 14.7. The number of amides is 2. The van der Waals surface area contributed by atoms with Crippen LogP contribution in [0.1, 0.15) is 53.0 Å². The maximum absolute atomic E-state index is 14.2. The molecule has 1 aromatic heterocycles. The molecule has 0 spiro atoms. The van der Waals surface area contributed by atoms with Gasteiger partial charge in [-0.3, -0.25) is 14.4 Å². The molecule has 2 aliphatic heterocycles. The van der Waals surface area contributed by atoms with Crippen molar-refractivity contribution in [2.45, 2.75) is 36.4 Å². The molecular weight excluding hydrogens is 918 g/mol. The molecule has 0 aliphatic carbocycles. The van der Waals surface area contributed by atoms with Gasteiger partial charge >= 0.3 is 5.97 Å². The highest BCUT2D eigenvalue weighted by Crippen LogP contribution is 2.45. The van der Waals surface area contributed by atoms with Gasteiger partial charge in [0, 0.05) is 22.1 Å². The number of benzene rings is 5. The second kappa shape index (κ2) is 19.0. The molecule has 5 aromatic carbocycles. The Morgan fingerprint density at radius 1 is 0.852 bits per heavy atom. The Morgan fingerprint density at radius 2 is 1.38 bits per heavy atom. The van der Waals surface area contributed by atoms with Gasteiger partial charge in [0.2, 0.25) is 5.91 Å². The molecule has 0 saturated carbocycles. The minimum absolute atomic E-state index is 0.0346. The second-order valence-corrected chi connectivity index (χ2v) is 17.6. The number of nitrogens with one attached hydrogen (secondary N) is 2. The summed E-state index contributed by atoms with van der Waals surface area (Å²) in [6.45, 7) is 2.43. The van der Waals surface area contributed by atoms with Crippen molar-refractivity contribution < 1.29 is 24.0 Å². The molecule has 2 amide bonds. The predicted molar refractivity (Wildman–Crippen MR) is 250 cm³/mol. The first kappa shape index (κ1) is 42.2. The fourth-order valence-corrected chi connectivity index (χ4v) is 11.2. The number of esters is 1. The van der Waals surface area contributed by atoms with E-state index in [4.69, 9.17) is 14.6 Å². The number of rotatable bonds is 16. The summed E-state index contributed by atoms with van der Waals surface area (Å²) in [5, 5.41) is 12.9. The first-order chi connectivity index (χ1) is 29.9. The number of alkyl halides is 1. The molecule has 310 valence electrons. The standard InChI is InChI=1S/C48H44IN5O5S2/c1-2-28-58-53-39(38-29-60-46(50-38)52-48(35-22-12-5-13-23-35,36-24-14-6-15-25-36)37-26-16-7-17-27-37)42(55)51-40-43(56)54-31-47(30-49,32-61-44(40)54)45(57)59-41(33-18-8-3-9-19-33)34-20-10-4-11-21-34/h3-27,29,40-41,44H,2,28,30-32H2,1H3,(H,50,52)(H,51,55)/t40?,44-,47?/m1/s1. The maximum atomic E-state index is 14.2. The van der Waals surface area contributed by atoms with Gasteiger partial charge in [-0.1, -0.05) is 186 Å². The Hall–Kier alpha value is -5.51. The molecule has 13 heteroatoms. The molecule has 10 nitrogen and oxygen atoms in total. The van der Waals surface area contributed by atoms with E-state index in [1.54, 1.807) is 10.3 Å². The van der Waals surface area contributed by atoms with Gasteiger partial charge in [0.25, 0.3) is 5.91 Å². The van der Waals surface area contributed by atoms with Crippen LogP contribution in [0.5, 0.6) is 0 Å². The number of β-lactam (4-membered cyclic amide) rings is 1. The summed E-state index contributed by atoms with van der Waals surface area (Å²) >= 11 is 5.03. The number of anilines is 1.